The fourth-order valence-corrected chi connectivity index (χ4v) is 4.19. The van der Waals surface area contributed by atoms with Crippen LogP contribution in [0.2, 0.25) is 0 Å². The molecule has 202 valence electrons. The van der Waals surface area contributed by atoms with Gasteiger partial charge in [0.1, 0.15) is 28.6 Å². The van der Waals surface area contributed by atoms with Crippen molar-refractivity contribution in [2.75, 3.05) is 13.2 Å². The number of rotatable bonds is 9. The molecular weight excluding hydrogens is 506 g/mol. The number of carboxylic acid groups (broad SMARTS) is 1. The van der Waals surface area contributed by atoms with Gasteiger partial charge in [-0.05, 0) is 53.6 Å². The minimum absolute atomic E-state index is 0.00193. The Morgan fingerprint density at radius 2 is 1.67 bits per heavy atom. The normalized spacial score (nSPS) is 11.4. The number of aliphatic hydroxyl groups excluding tert-OH is 2. The highest BCUT2D eigenvalue weighted by Crippen LogP contribution is 2.44. The number of nitrogens with two attached hydrogens (primary N) is 2. The van der Waals surface area contributed by atoms with Crippen molar-refractivity contribution < 1.29 is 30.3 Å². The average molecular weight is 534 g/mol. The summed E-state index contributed by atoms with van der Waals surface area (Å²) in [7, 11) is 0. The van der Waals surface area contributed by atoms with Crippen LogP contribution in [-0.2, 0) is 16.8 Å². The number of nitrogen functional groups attached to an aromatic ring is 1. The lowest BCUT2D eigenvalue weighted by Crippen LogP contribution is -2.43. The predicted octanol–water partition coefficient (Wildman–Crippen LogP) is 0.882. The number of benzene rings is 3. The number of amidine groups is 1. The highest BCUT2D eigenvalue weighted by atomic mass is 16.4. The number of H-pyrrole nitrogens is 1. The van der Waals surface area contributed by atoms with Gasteiger partial charge in [-0.15, -0.1) is 0 Å². The van der Waals surface area contributed by atoms with E-state index in [9.17, 15) is 30.3 Å². The number of imidazole rings is 1. The lowest BCUT2D eigenvalue weighted by atomic mass is 9.79. The summed E-state index contributed by atoms with van der Waals surface area (Å²) in [6, 6.07) is 11.8. The van der Waals surface area contributed by atoms with Gasteiger partial charge in [0.15, 0.2) is 5.96 Å². The van der Waals surface area contributed by atoms with E-state index in [1.807, 2.05) is 0 Å². The zero-order valence-corrected chi connectivity index (χ0v) is 20.5. The first-order chi connectivity index (χ1) is 18.5. The van der Waals surface area contributed by atoms with Gasteiger partial charge in [-0.2, -0.15) is 0 Å². The number of phenolic OH excluding ortho intramolecular Hbond substituents is 2. The molecule has 4 rings (SSSR count). The second kappa shape index (κ2) is 10.3. The van der Waals surface area contributed by atoms with Gasteiger partial charge in [-0.25, -0.2) is 4.98 Å². The van der Waals surface area contributed by atoms with E-state index in [1.165, 1.54) is 24.3 Å². The summed E-state index contributed by atoms with van der Waals surface area (Å²) in [6.45, 7) is -1.79. The molecule has 1 aromatic heterocycles. The number of nitrogens with one attached hydrogen (secondary N) is 4. The number of aromatic hydroxyl groups is 2. The van der Waals surface area contributed by atoms with E-state index in [4.69, 9.17) is 22.3 Å². The minimum Gasteiger partial charge on any atom is -0.507 e. The molecule has 13 heteroatoms. The van der Waals surface area contributed by atoms with Crippen molar-refractivity contribution in [1.29, 1.82) is 10.8 Å². The Kier molecular flexibility index (Phi) is 7.12. The molecule has 0 saturated carbocycles. The number of fused-ring (bicyclic) bond motifs is 1. The van der Waals surface area contributed by atoms with E-state index >= 15 is 0 Å². The van der Waals surface area contributed by atoms with E-state index in [2.05, 4.69) is 15.3 Å². The maximum Gasteiger partial charge on any atom is 0.318 e. The van der Waals surface area contributed by atoms with Crippen LogP contribution in [0.25, 0.3) is 33.5 Å². The summed E-state index contributed by atoms with van der Waals surface area (Å²) in [5, 5.41) is 69.9. The third-order valence-electron chi connectivity index (χ3n) is 6.50. The van der Waals surface area contributed by atoms with Crippen molar-refractivity contribution in [3.05, 3.63) is 65.2 Å². The van der Waals surface area contributed by atoms with E-state index in [1.54, 1.807) is 24.3 Å². The third kappa shape index (κ3) is 4.91. The van der Waals surface area contributed by atoms with Crippen LogP contribution >= 0.6 is 0 Å². The fraction of sp³-hybridized carbons (Fsp3) is 0.154. The molecule has 0 radical (unpaired) electrons. The predicted molar refractivity (Wildman–Crippen MR) is 144 cm³/mol. The molecule has 0 amide bonds. The molecule has 0 atom stereocenters. The summed E-state index contributed by atoms with van der Waals surface area (Å²) < 4.78 is 0. The molecular formula is C26H27N7O6. The molecule has 0 aliphatic heterocycles. The van der Waals surface area contributed by atoms with E-state index in [0.29, 0.717) is 22.2 Å². The van der Waals surface area contributed by atoms with E-state index in [-0.39, 0.29) is 57.9 Å². The van der Waals surface area contributed by atoms with Crippen LogP contribution in [0.1, 0.15) is 16.7 Å². The van der Waals surface area contributed by atoms with Crippen molar-refractivity contribution in [2.24, 2.45) is 11.5 Å². The number of nitrogens with zero attached hydrogens (tertiary/aromatic N) is 1. The van der Waals surface area contributed by atoms with Gasteiger partial charge in [0.05, 0.1) is 29.8 Å². The van der Waals surface area contributed by atoms with Gasteiger partial charge in [0, 0.05) is 23.2 Å². The van der Waals surface area contributed by atoms with Crippen LogP contribution in [0.5, 0.6) is 11.5 Å². The Balaban J connectivity index is 2.00. The smallest absolute Gasteiger partial charge is 0.318 e. The quantitative estimate of drug-likeness (QED) is 0.107. The standard InChI is InChI=1S/C26H27N7O6/c27-22(28)13-2-3-18-19(6-13)33-23(32-18)17-8-14(26(10-34,11-35)24(38)39)7-16(21(17)37)15-5-12(1-4-20(15)36)9-31-25(29)30/h1-8,34-37H,9-11H2,(H3,27,28)(H,32,33)(H,38,39)(H4,29,30,31). The number of guanidine groups is 1. The van der Waals surface area contributed by atoms with Gasteiger partial charge in [0.25, 0.3) is 0 Å². The monoisotopic (exact) mass is 533 g/mol. The number of carbonyl (C=O) groups is 1. The first kappa shape index (κ1) is 26.9. The molecule has 0 aliphatic carbocycles. The number of carboxylic acids is 1. The number of aromatic amines is 1. The molecule has 39 heavy (non-hydrogen) atoms. The van der Waals surface area contributed by atoms with E-state index < -0.39 is 24.6 Å². The molecule has 4 aromatic rings. The summed E-state index contributed by atoms with van der Waals surface area (Å²) in [4.78, 5) is 19.8. The summed E-state index contributed by atoms with van der Waals surface area (Å²) in [5.74, 6) is -2.44. The number of aromatic nitrogens is 2. The van der Waals surface area contributed by atoms with Crippen molar-refractivity contribution in [3.63, 3.8) is 0 Å². The lowest BCUT2D eigenvalue weighted by Gasteiger charge is -2.27. The van der Waals surface area contributed by atoms with Gasteiger partial charge in [-0.3, -0.25) is 15.6 Å². The summed E-state index contributed by atoms with van der Waals surface area (Å²) in [6.07, 6.45) is 0. The molecule has 0 fully saturated rings. The Hall–Kier alpha value is -5.14. The first-order valence-corrected chi connectivity index (χ1v) is 11.6. The minimum atomic E-state index is -2.14. The molecule has 0 spiro atoms. The van der Waals surface area contributed by atoms with Crippen molar-refractivity contribution in [1.82, 2.24) is 15.3 Å². The Labute approximate surface area is 221 Å². The molecule has 0 unspecified atom stereocenters. The fourth-order valence-electron chi connectivity index (χ4n) is 4.19. The van der Waals surface area contributed by atoms with Gasteiger partial charge < -0.3 is 47.3 Å². The number of aliphatic hydroxyl groups is 2. The number of hydrogen-bond donors (Lipinski definition) is 11. The van der Waals surface area contributed by atoms with Crippen molar-refractivity contribution in [2.45, 2.75) is 12.0 Å². The Morgan fingerprint density at radius 3 is 2.28 bits per heavy atom. The van der Waals surface area contributed by atoms with Crippen LogP contribution in [0.4, 0.5) is 0 Å². The molecule has 13 nitrogen and oxygen atoms in total. The number of phenols is 2. The topological polar surface area (TPSA) is 259 Å². The van der Waals surface area contributed by atoms with Crippen molar-refractivity contribution >= 4 is 28.8 Å². The third-order valence-corrected chi connectivity index (χ3v) is 6.50. The van der Waals surface area contributed by atoms with Gasteiger partial charge >= 0.3 is 5.97 Å². The Morgan fingerprint density at radius 1 is 0.974 bits per heavy atom. The van der Waals surface area contributed by atoms with Crippen LogP contribution in [0, 0.1) is 10.8 Å². The number of hydrogen-bond acceptors (Lipinski definition) is 8. The molecule has 13 N–H and O–H groups in total. The van der Waals surface area contributed by atoms with Gasteiger partial charge in [0.2, 0.25) is 0 Å². The molecule has 1 heterocycles. The molecule has 0 aliphatic rings. The zero-order chi connectivity index (χ0) is 28.5. The van der Waals surface area contributed by atoms with E-state index in [0.717, 1.165) is 0 Å². The largest absolute Gasteiger partial charge is 0.507 e. The summed E-state index contributed by atoms with van der Waals surface area (Å²) >= 11 is 0. The highest BCUT2D eigenvalue weighted by Gasteiger charge is 2.41. The Bertz CT molecular complexity index is 1610. The zero-order valence-electron chi connectivity index (χ0n) is 20.5. The second-order valence-electron chi connectivity index (χ2n) is 8.97. The second-order valence-corrected chi connectivity index (χ2v) is 8.97. The van der Waals surface area contributed by atoms with Crippen LogP contribution < -0.4 is 16.8 Å². The van der Waals surface area contributed by atoms with Crippen LogP contribution in [0.3, 0.4) is 0 Å². The maximum atomic E-state index is 12.2. The number of aliphatic carboxylic acids is 1. The van der Waals surface area contributed by atoms with Crippen LogP contribution in [-0.4, -0.2) is 66.5 Å². The first-order valence-electron chi connectivity index (χ1n) is 11.6. The average Bonchev–Trinajstić information content (AvgIpc) is 3.33. The van der Waals surface area contributed by atoms with Gasteiger partial charge in [-0.1, -0.05) is 6.07 Å². The van der Waals surface area contributed by atoms with Crippen molar-refractivity contribution in [3.8, 4) is 34.0 Å². The molecule has 0 bridgehead atoms. The molecule has 0 saturated heterocycles. The SMILES string of the molecule is N=C(N)NCc1ccc(O)c(-c2cc(C(CO)(CO)C(=O)O)cc(-c3nc4cc(C(=N)N)ccc4[nH]3)c2O)c1. The summed E-state index contributed by atoms with van der Waals surface area (Å²) in [5.41, 5.74) is 10.8. The molecule has 3 aromatic carbocycles. The van der Waals surface area contributed by atoms with Crippen LogP contribution in [0.15, 0.2) is 48.5 Å². The highest BCUT2D eigenvalue weighted by molar-refractivity contribution is 5.98. The lowest BCUT2D eigenvalue weighted by molar-refractivity contribution is -0.147. The maximum absolute atomic E-state index is 12.2.